The van der Waals surface area contributed by atoms with Crippen molar-refractivity contribution < 1.29 is 19.0 Å². The average Bonchev–Trinajstić information content (AvgIpc) is 3.00. The zero-order valence-corrected chi connectivity index (χ0v) is 19.5. The second-order valence-electron chi connectivity index (χ2n) is 5.96. The van der Waals surface area contributed by atoms with Gasteiger partial charge in [-0.1, -0.05) is 45.8 Å². The number of methoxy groups -OCH3 is 1. The first kappa shape index (κ1) is 22.2. The molecule has 1 fully saturated rings. The Morgan fingerprint density at radius 1 is 1.27 bits per heavy atom. The summed E-state index contributed by atoms with van der Waals surface area (Å²) in [6.45, 7) is 2.56. The Kier molecular flexibility index (Phi) is 7.43. The lowest BCUT2D eigenvalue weighted by Crippen LogP contribution is -2.27. The SMILES string of the molecule is C#CCOc1c(/C=C2/SC(=S)N(c3ccc(OCC)cc3)C2=O)cc(Br)cc1OC. The van der Waals surface area contributed by atoms with E-state index in [1.54, 1.807) is 19.3 Å². The molecule has 1 saturated heterocycles. The van der Waals surface area contributed by atoms with Crippen LogP contribution in [-0.4, -0.2) is 30.6 Å². The molecule has 0 atom stereocenters. The topological polar surface area (TPSA) is 48.0 Å². The summed E-state index contributed by atoms with van der Waals surface area (Å²) in [6, 6.07) is 10.8. The van der Waals surface area contributed by atoms with Gasteiger partial charge in [0, 0.05) is 10.0 Å². The number of rotatable bonds is 7. The summed E-state index contributed by atoms with van der Waals surface area (Å²) >= 11 is 10.1. The highest BCUT2D eigenvalue weighted by molar-refractivity contribution is 9.10. The van der Waals surface area contributed by atoms with Crippen molar-refractivity contribution >= 4 is 61.9 Å². The van der Waals surface area contributed by atoms with Crippen molar-refractivity contribution in [1.82, 2.24) is 0 Å². The Morgan fingerprint density at radius 3 is 2.63 bits per heavy atom. The molecule has 0 aromatic heterocycles. The van der Waals surface area contributed by atoms with Gasteiger partial charge in [0.1, 0.15) is 12.4 Å². The van der Waals surface area contributed by atoms with Crippen molar-refractivity contribution in [3.8, 4) is 29.6 Å². The first-order valence-electron chi connectivity index (χ1n) is 8.93. The van der Waals surface area contributed by atoms with Gasteiger partial charge < -0.3 is 14.2 Å². The van der Waals surface area contributed by atoms with Crippen LogP contribution < -0.4 is 19.1 Å². The van der Waals surface area contributed by atoms with Crippen LogP contribution in [0.1, 0.15) is 12.5 Å². The highest BCUT2D eigenvalue weighted by Gasteiger charge is 2.33. The fourth-order valence-corrected chi connectivity index (χ4v) is 4.55. The van der Waals surface area contributed by atoms with Crippen LogP contribution in [0.5, 0.6) is 17.2 Å². The number of ether oxygens (including phenoxy) is 3. The summed E-state index contributed by atoms with van der Waals surface area (Å²) in [4.78, 5) is 15.1. The van der Waals surface area contributed by atoms with Crippen LogP contribution in [-0.2, 0) is 4.79 Å². The molecule has 2 aromatic carbocycles. The lowest BCUT2D eigenvalue weighted by molar-refractivity contribution is -0.113. The van der Waals surface area contributed by atoms with Crippen LogP contribution in [0.4, 0.5) is 5.69 Å². The van der Waals surface area contributed by atoms with Crippen LogP contribution in [0.2, 0.25) is 0 Å². The molecule has 30 heavy (non-hydrogen) atoms. The molecule has 8 heteroatoms. The Morgan fingerprint density at radius 2 is 2.00 bits per heavy atom. The van der Waals surface area contributed by atoms with E-state index < -0.39 is 0 Å². The molecule has 1 amide bonds. The molecule has 1 aliphatic heterocycles. The second-order valence-corrected chi connectivity index (χ2v) is 8.55. The minimum atomic E-state index is -0.212. The number of terminal acetylenes is 1. The van der Waals surface area contributed by atoms with Gasteiger partial charge in [-0.25, -0.2) is 0 Å². The lowest BCUT2D eigenvalue weighted by Gasteiger charge is -2.15. The highest BCUT2D eigenvalue weighted by Crippen LogP contribution is 2.41. The fraction of sp³-hybridized carbons (Fsp3) is 0.182. The molecule has 3 rings (SSSR count). The van der Waals surface area contributed by atoms with Crippen molar-refractivity contribution in [3.05, 3.63) is 51.3 Å². The minimum Gasteiger partial charge on any atom is -0.494 e. The van der Waals surface area contributed by atoms with E-state index >= 15 is 0 Å². The third-order valence-electron chi connectivity index (χ3n) is 4.05. The first-order chi connectivity index (χ1) is 14.5. The Balaban J connectivity index is 1.95. The van der Waals surface area contributed by atoms with Gasteiger partial charge in [0.05, 0.1) is 24.3 Å². The van der Waals surface area contributed by atoms with Gasteiger partial charge in [0.15, 0.2) is 15.8 Å². The summed E-state index contributed by atoms with van der Waals surface area (Å²) in [5, 5.41) is 0. The molecule has 0 N–H and O–H groups in total. The third-order valence-corrected chi connectivity index (χ3v) is 5.81. The van der Waals surface area contributed by atoms with E-state index in [2.05, 4.69) is 21.9 Å². The van der Waals surface area contributed by atoms with E-state index in [4.69, 9.17) is 32.9 Å². The van der Waals surface area contributed by atoms with Gasteiger partial charge in [0.2, 0.25) is 0 Å². The molecule has 1 aliphatic rings. The number of amides is 1. The molecule has 5 nitrogen and oxygen atoms in total. The summed E-state index contributed by atoms with van der Waals surface area (Å²) in [7, 11) is 1.54. The van der Waals surface area contributed by atoms with Gasteiger partial charge in [-0.15, -0.1) is 6.42 Å². The number of carbonyl (C=O) groups excluding carboxylic acids is 1. The van der Waals surface area contributed by atoms with Gasteiger partial charge in [-0.2, -0.15) is 0 Å². The van der Waals surface area contributed by atoms with Crippen LogP contribution in [0, 0.1) is 12.3 Å². The summed E-state index contributed by atoms with van der Waals surface area (Å²) < 4.78 is 17.8. The summed E-state index contributed by atoms with van der Waals surface area (Å²) in [6.07, 6.45) is 7.06. The maximum Gasteiger partial charge on any atom is 0.270 e. The number of thiocarbonyl (C=S) groups is 1. The number of halogens is 1. The zero-order chi connectivity index (χ0) is 21.7. The van der Waals surface area contributed by atoms with Gasteiger partial charge in [0.25, 0.3) is 5.91 Å². The third kappa shape index (κ3) is 4.81. The Labute approximate surface area is 193 Å². The number of nitrogens with zero attached hydrogens (tertiary/aromatic N) is 1. The number of carbonyl (C=O) groups is 1. The van der Waals surface area contributed by atoms with Crippen molar-refractivity contribution in [2.45, 2.75) is 6.92 Å². The first-order valence-corrected chi connectivity index (χ1v) is 10.9. The maximum atomic E-state index is 13.1. The molecule has 0 aliphatic carbocycles. The van der Waals surface area contributed by atoms with E-state index in [-0.39, 0.29) is 12.5 Å². The number of benzene rings is 2. The number of hydrogen-bond acceptors (Lipinski definition) is 6. The molecule has 0 spiro atoms. The maximum absolute atomic E-state index is 13.1. The Hall–Kier alpha value is -2.47. The molecule has 1 heterocycles. The van der Waals surface area contributed by atoms with Crippen molar-refractivity contribution in [2.75, 3.05) is 25.2 Å². The van der Waals surface area contributed by atoms with Gasteiger partial charge >= 0.3 is 0 Å². The van der Waals surface area contributed by atoms with E-state index in [9.17, 15) is 4.79 Å². The lowest BCUT2D eigenvalue weighted by atomic mass is 10.1. The number of anilines is 1. The monoisotopic (exact) mass is 503 g/mol. The molecule has 2 aromatic rings. The average molecular weight is 504 g/mol. The molecule has 0 unspecified atom stereocenters. The molecular weight excluding hydrogens is 486 g/mol. The fourth-order valence-electron chi connectivity index (χ4n) is 2.81. The summed E-state index contributed by atoms with van der Waals surface area (Å²) in [5.74, 6) is 3.93. The van der Waals surface area contributed by atoms with Crippen LogP contribution in [0.15, 0.2) is 45.8 Å². The normalized spacial score (nSPS) is 14.7. The van der Waals surface area contributed by atoms with E-state index in [0.717, 1.165) is 10.2 Å². The van der Waals surface area contributed by atoms with Crippen LogP contribution in [0.3, 0.4) is 0 Å². The van der Waals surface area contributed by atoms with Crippen molar-refractivity contribution in [2.24, 2.45) is 0 Å². The zero-order valence-electron chi connectivity index (χ0n) is 16.3. The molecule has 0 radical (unpaired) electrons. The van der Waals surface area contributed by atoms with Crippen LogP contribution >= 0.6 is 39.9 Å². The quantitative estimate of drug-likeness (QED) is 0.291. The number of hydrogen-bond donors (Lipinski definition) is 0. The molecular formula is C22H18BrNO4S2. The van der Waals surface area contributed by atoms with Gasteiger partial charge in [-0.3, -0.25) is 9.69 Å². The second kappa shape index (κ2) is 10.0. The van der Waals surface area contributed by atoms with E-state index in [1.165, 1.54) is 16.7 Å². The van der Waals surface area contributed by atoms with Crippen LogP contribution in [0.25, 0.3) is 6.08 Å². The summed E-state index contributed by atoms with van der Waals surface area (Å²) in [5.41, 5.74) is 1.34. The minimum absolute atomic E-state index is 0.0754. The standard InChI is InChI=1S/C22H18BrNO4S2/c1-4-10-28-20-14(11-15(23)13-18(20)26-3)12-19-21(25)24(22(29)30-19)16-6-8-17(9-7-16)27-5-2/h1,6-9,11-13H,5,10H2,2-3H3/b19-12+. The Bertz CT molecular complexity index is 1040. The predicted octanol–water partition coefficient (Wildman–Crippen LogP) is 5.27. The van der Waals surface area contributed by atoms with Crippen molar-refractivity contribution in [3.63, 3.8) is 0 Å². The predicted molar refractivity (Wildman–Crippen MR) is 128 cm³/mol. The molecule has 154 valence electrons. The van der Waals surface area contributed by atoms with E-state index in [1.807, 2.05) is 37.3 Å². The van der Waals surface area contributed by atoms with Crippen molar-refractivity contribution in [1.29, 1.82) is 0 Å². The number of thioether (sulfide) groups is 1. The molecule has 0 saturated carbocycles. The largest absolute Gasteiger partial charge is 0.494 e. The highest BCUT2D eigenvalue weighted by atomic mass is 79.9. The van der Waals surface area contributed by atoms with E-state index in [0.29, 0.717) is 38.6 Å². The molecule has 0 bridgehead atoms. The van der Waals surface area contributed by atoms with Gasteiger partial charge in [-0.05, 0) is 49.4 Å². The smallest absolute Gasteiger partial charge is 0.270 e.